The third-order valence-electron chi connectivity index (χ3n) is 5.62. The van der Waals surface area contributed by atoms with Crippen LogP contribution >= 0.6 is 0 Å². The summed E-state index contributed by atoms with van der Waals surface area (Å²) in [5, 5.41) is 0.826. The van der Waals surface area contributed by atoms with Gasteiger partial charge in [0, 0.05) is 28.6 Å². The minimum atomic E-state index is -0.240. The molecule has 34 heavy (non-hydrogen) atoms. The van der Waals surface area contributed by atoms with Crippen molar-refractivity contribution in [3.8, 4) is 17.2 Å². The van der Waals surface area contributed by atoms with Crippen molar-refractivity contribution in [3.63, 3.8) is 0 Å². The van der Waals surface area contributed by atoms with Gasteiger partial charge in [0.15, 0.2) is 11.5 Å². The van der Waals surface area contributed by atoms with E-state index in [4.69, 9.17) is 14.2 Å². The highest BCUT2D eigenvalue weighted by Gasteiger charge is 2.20. The Morgan fingerprint density at radius 1 is 0.824 bits per heavy atom. The first-order chi connectivity index (χ1) is 16.5. The molecule has 7 heteroatoms. The van der Waals surface area contributed by atoms with Crippen molar-refractivity contribution in [1.82, 2.24) is 9.88 Å². The minimum absolute atomic E-state index is 0.130. The molecule has 174 valence electrons. The summed E-state index contributed by atoms with van der Waals surface area (Å²) >= 11 is 0. The van der Waals surface area contributed by atoms with Crippen molar-refractivity contribution in [2.75, 3.05) is 21.3 Å². The highest BCUT2D eigenvalue weighted by molar-refractivity contribution is 5.95. The number of ether oxygens (including phenoxy) is 3. The van der Waals surface area contributed by atoms with Crippen LogP contribution in [-0.2, 0) is 13.1 Å². The van der Waals surface area contributed by atoms with Gasteiger partial charge in [-0.15, -0.1) is 0 Å². The molecule has 0 atom stereocenters. The number of benzene rings is 3. The average Bonchev–Trinajstić information content (AvgIpc) is 2.88. The maximum absolute atomic E-state index is 13.6. The number of fused-ring (bicyclic) bond motifs is 1. The van der Waals surface area contributed by atoms with Gasteiger partial charge in [0.25, 0.3) is 11.5 Å². The van der Waals surface area contributed by atoms with Crippen LogP contribution in [0.15, 0.2) is 77.6 Å². The van der Waals surface area contributed by atoms with Crippen LogP contribution in [0, 0.1) is 0 Å². The van der Waals surface area contributed by atoms with E-state index in [1.54, 1.807) is 55.5 Å². The highest BCUT2D eigenvalue weighted by Crippen LogP contribution is 2.28. The van der Waals surface area contributed by atoms with Gasteiger partial charge in [0.1, 0.15) is 5.75 Å². The van der Waals surface area contributed by atoms with E-state index in [0.29, 0.717) is 40.4 Å². The number of hydrogen-bond donors (Lipinski definition) is 1. The maximum atomic E-state index is 13.6. The van der Waals surface area contributed by atoms with E-state index < -0.39 is 0 Å². The van der Waals surface area contributed by atoms with E-state index in [9.17, 15) is 9.59 Å². The second kappa shape index (κ2) is 10.1. The Labute approximate surface area is 197 Å². The molecule has 7 nitrogen and oxygen atoms in total. The number of aromatic amines is 1. The first-order valence-electron chi connectivity index (χ1n) is 10.8. The van der Waals surface area contributed by atoms with Crippen LogP contribution in [0.1, 0.15) is 21.5 Å². The summed E-state index contributed by atoms with van der Waals surface area (Å²) in [6.45, 7) is 0.466. The molecule has 0 unspecified atom stereocenters. The lowest BCUT2D eigenvalue weighted by Gasteiger charge is -2.23. The lowest BCUT2D eigenvalue weighted by molar-refractivity contribution is 0.0729. The molecule has 0 bridgehead atoms. The fraction of sp³-hybridized carbons (Fsp3) is 0.185. The number of methoxy groups -OCH3 is 3. The van der Waals surface area contributed by atoms with Crippen LogP contribution in [0.4, 0.5) is 0 Å². The normalized spacial score (nSPS) is 10.7. The van der Waals surface area contributed by atoms with Crippen molar-refractivity contribution in [1.29, 1.82) is 0 Å². The second-order valence-corrected chi connectivity index (χ2v) is 7.79. The molecule has 3 aromatic carbocycles. The van der Waals surface area contributed by atoms with Crippen molar-refractivity contribution in [2.45, 2.75) is 13.1 Å². The predicted molar refractivity (Wildman–Crippen MR) is 131 cm³/mol. The zero-order valence-corrected chi connectivity index (χ0v) is 19.3. The molecule has 1 aromatic heterocycles. The van der Waals surface area contributed by atoms with E-state index in [1.165, 1.54) is 7.11 Å². The van der Waals surface area contributed by atoms with Crippen molar-refractivity contribution in [3.05, 3.63) is 99.8 Å². The van der Waals surface area contributed by atoms with E-state index in [1.807, 2.05) is 36.4 Å². The highest BCUT2D eigenvalue weighted by atomic mass is 16.5. The van der Waals surface area contributed by atoms with Gasteiger partial charge < -0.3 is 24.1 Å². The summed E-state index contributed by atoms with van der Waals surface area (Å²) in [5.41, 5.74) is 2.33. The third-order valence-corrected chi connectivity index (χ3v) is 5.62. The fourth-order valence-electron chi connectivity index (χ4n) is 3.84. The molecule has 0 saturated carbocycles. The van der Waals surface area contributed by atoms with Crippen LogP contribution < -0.4 is 19.8 Å². The monoisotopic (exact) mass is 458 g/mol. The summed E-state index contributed by atoms with van der Waals surface area (Å²) in [6, 6.07) is 21.9. The van der Waals surface area contributed by atoms with E-state index >= 15 is 0 Å². The molecule has 0 saturated heterocycles. The molecule has 0 aliphatic heterocycles. The fourth-order valence-corrected chi connectivity index (χ4v) is 3.84. The number of carbonyl (C=O) groups is 1. The number of nitrogens with one attached hydrogen (secondary N) is 1. The average molecular weight is 459 g/mol. The molecular weight excluding hydrogens is 432 g/mol. The first kappa shape index (κ1) is 22.9. The summed E-state index contributed by atoms with van der Waals surface area (Å²) in [7, 11) is 4.66. The van der Waals surface area contributed by atoms with Gasteiger partial charge in [-0.05, 0) is 48.0 Å². The van der Waals surface area contributed by atoms with Crippen LogP contribution in [0.3, 0.4) is 0 Å². The first-order valence-corrected chi connectivity index (χ1v) is 10.8. The molecule has 1 amide bonds. The summed E-state index contributed by atoms with van der Waals surface area (Å²) in [4.78, 5) is 31.0. The van der Waals surface area contributed by atoms with Crippen LogP contribution in [-0.4, -0.2) is 37.1 Å². The van der Waals surface area contributed by atoms with E-state index in [-0.39, 0.29) is 18.0 Å². The van der Waals surface area contributed by atoms with Crippen molar-refractivity contribution < 1.29 is 19.0 Å². The number of aromatic nitrogens is 1. The molecule has 4 rings (SSSR count). The smallest absolute Gasteiger partial charge is 0.254 e. The summed E-state index contributed by atoms with van der Waals surface area (Å²) < 4.78 is 16.0. The Morgan fingerprint density at radius 2 is 1.59 bits per heavy atom. The van der Waals surface area contributed by atoms with E-state index in [2.05, 4.69) is 4.98 Å². The topological polar surface area (TPSA) is 80.9 Å². The third kappa shape index (κ3) is 4.88. The van der Waals surface area contributed by atoms with Crippen molar-refractivity contribution in [2.24, 2.45) is 0 Å². The Morgan fingerprint density at radius 3 is 2.29 bits per heavy atom. The van der Waals surface area contributed by atoms with Gasteiger partial charge in [0.2, 0.25) is 0 Å². The summed E-state index contributed by atoms with van der Waals surface area (Å²) in [6.07, 6.45) is 0. The van der Waals surface area contributed by atoms with Gasteiger partial charge in [-0.25, -0.2) is 0 Å². The van der Waals surface area contributed by atoms with Gasteiger partial charge in [-0.2, -0.15) is 0 Å². The molecule has 0 radical (unpaired) electrons. The SMILES string of the molecule is COc1ccc2[nH]c(=O)c(CN(Cc3ccccc3)C(=O)c3ccc(OC)c(OC)c3)cc2c1. The number of carbonyl (C=O) groups excluding carboxylic acids is 1. The number of hydrogen-bond acceptors (Lipinski definition) is 5. The lowest BCUT2D eigenvalue weighted by Crippen LogP contribution is -2.32. The Bertz CT molecular complexity index is 1360. The molecule has 0 fully saturated rings. The number of amides is 1. The Balaban J connectivity index is 1.72. The standard InChI is InChI=1S/C27H26N2O5/c1-32-22-10-11-23-20(14-22)13-21(26(30)28-23)17-29(16-18-7-5-4-6-8-18)27(31)19-9-12-24(33-2)25(15-19)34-3/h4-15H,16-17H2,1-3H3,(H,28,30). The van der Waals surface area contributed by atoms with Gasteiger partial charge in [-0.3, -0.25) is 9.59 Å². The largest absolute Gasteiger partial charge is 0.497 e. The Kier molecular flexibility index (Phi) is 6.82. The molecule has 1 heterocycles. The molecule has 1 N–H and O–H groups in total. The minimum Gasteiger partial charge on any atom is -0.497 e. The maximum Gasteiger partial charge on any atom is 0.254 e. The van der Waals surface area contributed by atoms with Crippen LogP contribution in [0.25, 0.3) is 10.9 Å². The zero-order chi connectivity index (χ0) is 24.1. The number of rotatable bonds is 8. The number of pyridine rings is 1. The number of nitrogens with zero attached hydrogens (tertiary/aromatic N) is 1. The van der Waals surface area contributed by atoms with Crippen LogP contribution in [0.5, 0.6) is 17.2 Å². The quantitative estimate of drug-likeness (QED) is 0.423. The summed E-state index contributed by atoms with van der Waals surface area (Å²) in [5.74, 6) is 1.46. The van der Waals surface area contributed by atoms with E-state index in [0.717, 1.165) is 10.9 Å². The van der Waals surface area contributed by atoms with Gasteiger partial charge >= 0.3 is 0 Å². The Hall–Kier alpha value is -4.26. The molecule has 0 spiro atoms. The predicted octanol–water partition coefficient (Wildman–Crippen LogP) is 4.40. The van der Waals surface area contributed by atoms with Crippen molar-refractivity contribution >= 4 is 16.8 Å². The number of H-pyrrole nitrogens is 1. The lowest BCUT2D eigenvalue weighted by atomic mass is 10.1. The van der Waals surface area contributed by atoms with Gasteiger partial charge in [-0.1, -0.05) is 30.3 Å². The van der Waals surface area contributed by atoms with Crippen LogP contribution in [0.2, 0.25) is 0 Å². The zero-order valence-electron chi connectivity index (χ0n) is 19.3. The molecule has 4 aromatic rings. The molecular formula is C27H26N2O5. The van der Waals surface area contributed by atoms with Gasteiger partial charge in [0.05, 0.1) is 27.9 Å². The molecule has 0 aliphatic carbocycles. The second-order valence-electron chi connectivity index (χ2n) is 7.79. The molecule has 0 aliphatic rings.